The number of nitrogens with zero attached hydrogens (tertiary/aromatic N) is 1. The maximum Gasteiger partial charge on any atom is 0.294 e. The average molecular weight is 328 g/mol. The maximum absolute atomic E-state index is 11.8. The first-order valence-corrected chi connectivity index (χ1v) is 5.73. The molecule has 0 unspecified atom stereocenters. The standard InChI is InChI=1S/C11H9IN2O2/c1-7-6-13-16-10(7)11(15)14-9-4-2-3-8(12)5-9/h2-6H,1H3,(H,14,15). The number of hydrogen-bond donors (Lipinski definition) is 1. The van der Waals surface area contributed by atoms with Crippen LogP contribution in [0.4, 0.5) is 5.69 Å². The van der Waals surface area contributed by atoms with Crippen LogP contribution in [0.3, 0.4) is 0 Å². The smallest absolute Gasteiger partial charge is 0.294 e. The van der Waals surface area contributed by atoms with E-state index < -0.39 is 0 Å². The molecule has 1 aromatic carbocycles. The molecule has 0 aliphatic carbocycles. The first kappa shape index (κ1) is 11.1. The van der Waals surface area contributed by atoms with Crippen molar-refractivity contribution < 1.29 is 9.32 Å². The lowest BCUT2D eigenvalue weighted by molar-refractivity contribution is 0.0987. The van der Waals surface area contributed by atoms with E-state index in [0.29, 0.717) is 0 Å². The van der Waals surface area contributed by atoms with E-state index in [9.17, 15) is 4.79 Å². The van der Waals surface area contributed by atoms with Gasteiger partial charge in [-0.2, -0.15) is 0 Å². The van der Waals surface area contributed by atoms with Crippen LogP contribution in [-0.2, 0) is 0 Å². The van der Waals surface area contributed by atoms with E-state index in [4.69, 9.17) is 4.52 Å². The third-order valence-corrected chi connectivity index (χ3v) is 2.71. The summed E-state index contributed by atoms with van der Waals surface area (Å²) in [5.74, 6) is -0.0316. The third-order valence-electron chi connectivity index (χ3n) is 2.04. The molecule has 4 nitrogen and oxygen atoms in total. The highest BCUT2D eigenvalue weighted by Crippen LogP contribution is 2.14. The molecule has 2 rings (SSSR count). The van der Waals surface area contributed by atoms with Crippen molar-refractivity contribution in [3.8, 4) is 0 Å². The summed E-state index contributed by atoms with van der Waals surface area (Å²) in [4.78, 5) is 11.8. The van der Waals surface area contributed by atoms with Crippen molar-refractivity contribution >= 4 is 34.2 Å². The number of rotatable bonds is 2. The number of hydrogen-bond acceptors (Lipinski definition) is 3. The van der Waals surface area contributed by atoms with Gasteiger partial charge >= 0.3 is 0 Å². The van der Waals surface area contributed by atoms with Crippen molar-refractivity contribution in [2.24, 2.45) is 0 Å². The van der Waals surface area contributed by atoms with Gasteiger partial charge in [-0.1, -0.05) is 11.2 Å². The Morgan fingerprint density at radius 2 is 2.31 bits per heavy atom. The Morgan fingerprint density at radius 3 is 2.94 bits per heavy atom. The number of nitrogens with one attached hydrogen (secondary N) is 1. The van der Waals surface area contributed by atoms with Crippen molar-refractivity contribution in [2.45, 2.75) is 6.92 Å². The summed E-state index contributed by atoms with van der Waals surface area (Å²) in [7, 11) is 0. The normalized spacial score (nSPS) is 10.1. The Morgan fingerprint density at radius 1 is 1.50 bits per heavy atom. The number of halogens is 1. The highest BCUT2D eigenvalue weighted by Gasteiger charge is 2.13. The Labute approximate surface area is 106 Å². The second-order valence-electron chi connectivity index (χ2n) is 3.30. The fourth-order valence-corrected chi connectivity index (χ4v) is 1.81. The molecular formula is C11H9IN2O2. The van der Waals surface area contributed by atoms with E-state index in [0.717, 1.165) is 14.8 Å². The van der Waals surface area contributed by atoms with Crippen LogP contribution in [-0.4, -0.2) is 11.1 Å². The van der Waals surface area contributed by atoms with Crippen LogP contribution >= 0.6 is 22.6 Å². The van der Waals surface area contributed by atoms with Crippen molar-refractivity contribution in [3.63, 3.8) is 0 Å². The summed E-state index contributed by atoms with van der Waals surface area (Å²) in [6, 6.07) is 7.54. The molecule has 1 aromatic heterocycles. The van der Waals surface area contributed by atoms with Gasteiger partial charge < -0.3 is 9.84 Å². The second kappa shape index (κ2) is 4.65. The quantitative estimate of drug-likeness (QED) is 0.863. The van der Waals surface area contributed by atoms with Crippen molar-refractivity contribution in [3.05, 3.63) is 45.4 Å². The lowest BCUT2D eigenvalue weighted by Crippen LogP contribution is -2.12. The number of amides is 1. The zero-order valence-corrected chi connectivity index (χ0v) is 10.7. The SMILES string of the molecule is Cc1cnoc1C(=O)Nc1cccc(I)c1. The molecule has 0 bridgehead atoms. The van der Waals surface area contributed by atoms with Gasteiger partial charge in [0.2, 0.25) is 5.76 Å². The number of aryl methyl sites for hydroxylation is 1. The van der Waals surface area contributed by atoms with Crippen LogP contribution < -0.4 is 5.32 Å². The first-order valence-electron chi connectivity index (χ1n) is 4.65. The van der Waals surface area contributed by atoms with Gasteiger partial charge in [-0.3, -0.25) is 4.79 Å². The number of benzene rings is 1. The Balaban J connectivity index is 2.17. The fourth-order valence-electron chi connectivity index (χ4n) is 1.26. The molecule has 1 heterocycles. The molecule has 5 heteroatoms. The van der Waals surface area contributed by atoms with Crippen LogP contribution in [0.1, 0.15) is 16.1 Å². The molecular weight excluding hydrogens is 319 g/mol. The molecule has 82 valence electrons. The molecule has 1 N–H and O–H groups in total. The van der Waals surface area contributed by atoms with Gasteiger partial charge in [-0.15, -0.1) is 0 Å². The van der Waals surface area contributed by atoms with Crippen LogP contribution in [0.15, 0.2) is 35.0 Å². The molecule has 0 saturated heterocycles. The van der Waals surface area contributed by atoms with Gasteiger partial charge in [-0.25, -0.2) is 0 Å². The summed E-state index contributed by atoms with van der Waals surface area (Å²) < 4.78 is 5.92. The molecule has 0 radical (unpaired) electrons. The van der Waals surface area contributed by atoms with E-state index in [1.807, 2.05) is 24.3 Å². The van der Waals surface area contributed by atoms with E-state index >= 15 is 0 Å². The van der Waals surface area contributed by atoms with Gasteiger partial charge in [0, 0.05) is 14.8 Å². The highest BCUT2D eigenvalue weighted by molar-refractivity contribution is 14.1. The average Bonchev–Trinajstić information content (AvgIpc) is 2.64. The third kappa shape index (κ3) is 2.41. The molecule has 0 aliphatic rings. The first-order chi connectivity index (χ1) is 7.66. The second-order valence-corrected chi connectivity index (χ2v) is 4.55. The van der Waals surface area contributed by atoms with Gasteiger partial charge in [0.05, 0.1) is 6.20 Å². The summed E-state index contributed by atoms with van der Waals surface area (Å²) in [6.45, 7) is 1.78. The summed E-state index contributed by atoms with van der Waals surface area (Å²) in [5.41, 5.74) is 1.47. The zero-order chi connectivity index (χ0) is 11.5. The number of carbonyl (C=O) groups excluding carboxylic acids is 1. The minimum atomic E-state index is -0.281. The Kier molecular flexibility index (Phi) is 3.23. The van der Waals surface area contributed by atoms with E-state index in [2.05, 4.69) is 33.1 Å². The van der Waals surface area contributed by atoms with Crippen LogP contribution in [0.5, 0.6) is 0 Å². The zero-order valence-electron chi connectivity index (χ0n) is 8.53. The molecule has 16 heavy (non-hydrogen) atoms. The Bertz CT molecular complexity index is 522. The van der Waals surface area contributed by atoms with Gasteiger partial charge in [0.25, 0.3) is 5.91 Å². The molecule has 0 atom stereocenters. The monoisotopic (exact) mass is 328 g/mol. The predicted octanol–water partition coefficient (Wildman–Crippen LogP) is 2.84. The van der Waals surface area contributed by atoms with Crippen LogP contribution in [0.25, 0.3) is 0 Å². The predicted molar refractivity (Wildman–Crippen MR) is 68.4 cm³/mol. The van der Waals surface area contributed by atoms with Gasteiger partial charge in [0.15, 0.2) is 0 Å². The van der Waals surface area contributed by atoms with Gasteiger partial charge in [-0.05, 0) is 47.7 Å². The summed E-state index contributed by atoms with van der Waals surface area (Å²) in [5, 5.41) is 6.31. The fraction of sp³-hybridized carbons (Fsp3) is 0.0909. The van der Waals surface area contributed by atoms with Crippen molar-refractivity contribution in [2.75, 3.05) is 5.32 Å². The molecule has 0 saturated carbocycles. The summed E-state index contributed by atoms with van der Waals surface area (Å²) >= 11 is 2.19. The topological polar surface area (TPSA) is 55.1 Å². The maximum atomic E-state index is 11.8. The number of aromatic nitrogens is 1. The molecule has 0 fully saturated rings. The van der Waals surface area contributed by atoms with Crippen LogP contribution in [0.2, 0.25) is 0 Å². The molecule has 1 amide bonds. The Hall–Kier alpha value is -1.37. The highest BCUT2D eigenvalue weighted by atomic mass is 127. The van der Waals surface area contributed by atoms with E-state index in [1.54, 1.807) is 6.92 Å². The largest absolute Gasteiger partial charge is 0.351 e. The molecule has 0 spiro atoms. The van der Waals surface area contributed by atoms with Crippen LogP contribution in [0, 0.1) is 10.5 Å². The van der Waals surface area contributed by atoms with E-state index in [1.165, 1.54) is 6.20 Å². The molecule has 0 aliphatic heterocycles. The lowest BCUT2D eigenvalue weighted by Gasteiger charge is -2.03. The minimum absolute atomic E-state index is 0.249. The summed E-state index contributed by atoms with van der Waals surface area (Å²) in [6.07, 6.45) is 1.52. The van der Waals surface area contributed by atoms with E-state index in [-0.39, 0.29) is 11.7 Å². The number of anilines is 1. The molecule has 2 aromatic rings. The minimum Gasteiger partial charge on any atom is -0.351 e. The lowest BCUT2D eigenvalue weighted by atomic mass is 10.2. The van der Waals surface area contributed by atoms with Crippen molar-refractivity contribution in [1.29, 1.82) is 0 Å². The number of carbonyl (C=O) groups is 1. The van der Waals surface area contributed by atoms with Crippen molar-refractivity contribution in [1.82, 2.24) is 5.16 Å². The van der Waals surface area contributed by atoms with Gasteiger partial charge in [0.1, 0.15) is 0 Å².